The molecule has 0 unspecified atom stereocenters. The zero-order chi connectivity index (χ0) is 21.8. The number of aromatic hydroxyl groups is 1. The van der Waals surface area contributed by atoms with Gasteiger partial charge in [0.2, 0.25) is 5.95 Å². The van der Waals surface area contributed by atoms with E-state index in [-0.39, 0.29) is 5.75 Å². The molecular weight excluding hydrogens is 404 g/mol. The van der Waals surface area contributed by atoms with Crippen molar-refractivity contribution in [3.63, 3.8) is 0 Å². The molecule has 3 fully saturated rings. The molecule has 3 saturated heterocycles. The van der Waals surface area contributed by atoms with E-state index in [0.29, 0.717) is 6.61 Å². The number of phenolic OH excluding ortho intramolecular Hbond substituents is 1. The SMILES string of the molecule is Oc1ccc(OCCN2CCN(c3cc(N4CCCC4)nc(N4CCCC4)n3)CC2)cc1. The van der Waals surface area contributed by atoms with Crippen molar-refractivity contribution in [3.05, 3.63) is 30.3 Å². The molecule has 1 N–H and O–H groups in total. The Morgan fingerprint density at radius 3 is 1.91 bits per heavy atom. The van der Waals surface area contributed by atoms with E-state index in [9.17, 15) is 5.11 Å². The number of benzene rings is 1. The second kappa shape index (κ2) is 9.81. The lowest BCUT2D eigenvalue weighted by Crippen LogP contribution is -2.48. The monoisotopic (exact) mass is 438 g/mol. The van der Waals surface area contributed by atoms with Crippen LogP contribution in [0.5, 0.6) is 11.5 Å². The van der Waals surface area contributed by atoms with E-state index >= 15 is 0 Å². The highest BCUT2D eigenvalue weighted by Gasteiger charge is 2.24. The first-order valence-electron chi connectivity index (χ1n) is 12.0. The minimum absolute atomic E-state index is 0.263. The average molecular weight is 439 g/mol. The van der Waals surface area contributed by atoms with Crippen molar-refractivity contribution in [3.8, 4) is 11.5 Å². The fourth-order valence-corrected chi connectivity index (χ4v) is 4.77. The highest BCUT2D eigenvalue weighted by Crippen LogP contribution is 2.27. The van der Waals surface area contributed by atoms with Gasteiger partial charge in [0.05, 0.1) is 0 Å². The molecule has 0 radical (unpaired) electrons. The minimum atomic E-state index is 0.263. The third-order valence-electron chi connectivity index (χ3n) is 6.72. The number of aromatic nitrogens is 2. The Kier molecular flexibility index (Phi) is 6.48. The summed E-state index contributed by atoms with van der Waals surface area (Å²) in [6.07, 6.45) is 4.97. The van der Waals surface area contributed by atoms with Crippen LogP contribution < -0.4 is 19.4 Å². The molecule has 3 aliphatic rings. The van der Waals surface area contributed by atoms with Gasteiger partial charge in [0.25, 0.3) is 0 Å². The summed E-state index contributed by atoms with van der Waals surface area (Å²) in [5.41, 5.74) is 0. The lowest BCUT2D eigenvalue weighted by molar-refractivity contribution is 0.200. The molecule has 32 heavy (non-hydrogen) atoms. The fourth-order valence-electron chi connectivity index (χ4n) is 4.77. The van der Waals surface area contributed by atoms with Gasteiger partial charge in [-0.05, 0) is 49.9 Å². The maximum atomic E-state index is 9.38. The predicted molar refractivity (Wildman–Crippen MR) is 127 cm³/mol. The maximum absolute atomic E-state index is 9.38. The second-order valence-corrected chi connectivity index (χ2v) is 8.94. The van der Waals surface area contributed by atoms with Gasteiger partial charge in [-0.1, -0.05) is 0 Å². The van der Waals surface area contributed by atoms with Crippen LogP contribution in [0.4, 0.5) is 17.6 Å². The van der Waals surface area contributed by atoms with Crippen molar-refractivity contribution < 1.29 is 9.84 Å². The Morgan fingerprint density at radius 1 is 0.719 bits per heavy atom. The molecule has 3 aliphatic heterocycles. The van der Waals surface area contributed by atoms with E-state index < -0.39 is 0 Å². The lowest BCUT2D eigenvalue weighted by Gasteiger charge is -2.36. The van der Waals surface area contributed by atoms with Gasteiger partial charge in [0.1, 0.15) is 29.7 Å². The molecule has 4 heterocycles. The summed E-state index contributed by atoms with van der Waals surface area (Å²) in [5.74, 6) is 4.14. The zero-order valence-electron chi connectivity index (χ0n) is 18.8. The quantitative estimate of drug-likeness (QED) is 0.708. The molecule has 0 atom stereocenters. The number of anilines is 3. The molecule has 0 aliphatic carbocycles. The molecule has 0 bridgehead atoms. The molecule has 5 rings (SSSR count). The molecular formula is C24H34N6O2. The van der Waals surface area contributed by atoms with Gasteiger partial charge < -0.3 is 24.5 Å². The Labute approximate surface area is 190 Å². The molecule has 1 aromatic carbocycles. The molecule has 8 nitrogen and oxygen atoms in total. The fraction of sp³-hybridized carbons (Fsp3) is 0.583. The topological polar surface area (TPSA) is 68.2 Å². The summed E-state index contributed by atoms with van der Waals surface area (Å²) in [5, 5.41) is 9.38. The number of ether oxygens (including phenoxy) is 1. The van der Waals surface area contributed by atoms with Crippen LogP contribution >= 0.6 is 0 Å². The third kappa shape index (κ3) is 5.01. The van der Waals surface area contributed by atoms with E-state index in [1.807, 2.05) is 0 Å². The molecule has 0 saturated carbocycles. The molecule has 8 heteroatoms. The first kappa shape index (κ1) is 21.1. The Bertz CT molecular complexity index is 838. The summed E-state index contributed by atoms with van der Waals surface area (Å²) < 4.78 is 5.82. The average Bonchev–Trinajstić information content (AvgIpc) is 3.55. The van der Waals surface area contributed by atoms with E-state index in [4.69, 9.17) is 14.7 Å². The van der Waals surface area contributed by atoms with Crippen molar-refractivity contribution in [1.29, 1.82) is 0 Å². The van der Waals surface area contributed by atoms with Crippen molar-refractivity contribution in [2.75, 3.05) is 80.2 Å². The number of hydrogen-bond donors (Lipinski definition) is 1. The van der Waals surface area contributed by atoms with Gasteiger partial charge in [-0.25, -0.2) is 0 Å². The van der Waals surface area contributed by atoms with Crippen LogP contribution in [0.25, 0.3) is 0 Å². The maximum Gasteiger partial charge on any atom is 0.229 e. The van der Waals surface area contributed by atoms with Gasteiger partial charge in [0.15, 0.2) is 0 Å². The number of piperazine rings is 1. The highest BCUT2D eigenvalue weighted by molar-refractivity contribution is 5.56. The van der Waals surface area contributed by atoms with Crippen LogP contribution in [0, 0.1) is 0 Å². The first-order valence-corrected chi connectivity index (χ1v) is 12.0. The van der Waals surface area contributed by atoms with Crippen LogP contribution in [0.2, 0.25) is 0 Å². The smallest absolute Gasteiger partial charge is 0.229 e. The number of phenols is 1. The molecule has 0 amide bonds. The summed E-state index contributed by atoms with van der Waals surface area (Å²) in [6.45, 7) is 9.82. The Balaban J connectivity index is 1.19. The van der Waals surface area contributed by atoms with Crippen LogP contribution in [0.3, 0.4) is 0 Å². The van der Waals surface area contributed by atoms with Gasteiger partial charge >= 0.3 is 0 Å². The van der Waals surface area contributed by atoms with E-state index in [0.717, 1.165) is 82.2 Å². The zero-order valence-corrected chi connectivity index (χ0v) is 18.8. The lowest BCUT2D eigenvalue weighted by atomic mass is 10.3. The number of hydrogen-bond acceptors (Lipinski definition) is 8. The normalized spacial score (nSPS) is 19.7. The van der Waals surface area contributed by atoms with Crippen molar-refractivity contribution in [2.24, 2.45) is 0 Å². The van der Waals surface area contributed by atoms with Crippen LogP contribution in [-0.2, 0) is 0 Å². The number of rotatable bonds is 7. The molecule has 172 valence electrons. The standard InChI is InChI=1S/C24H34N6O2/c31-20-5-7-21(8-6-20)32-18-17-27-13-15-29(16-14-27)23-19-22(28-9-1-2-10-28)25-24(26-23)30-11-3-4-12-30/h5-8,19,31H,1-4,9-18H2. The summed E-state index contributed by atoms with van der Waals surface area (Å²) in [7, 11) is 0. The van der Waals surface area contributed by atoms with Crippen LogP contribution in [0.1, 0.15) is 25.7 Å². The van der Waals surface area contributed by atoms with Gasteiger partial charge in [-0.3, -0.25) is 4.90 Å². The Morgan fingerprint density at radius 2 is 1.28 bits per heavy atom. The third-order valence-corrected chi connectivity index (χ3v) is 6.72. The molecule has 0 spiro atoms. The molecule has 2 aromatic rings. The van der Waals surface area contributed by atoms with Crippen molar-refractivity contribution in [2.45, 2.75) is 25.7 Å². The summed E-state index contributed by atoms with van der Waals surface area (Å²) >= 11 is 0. The van der Waals surface area contributed by atoms with Crippen LogP contribution in [-0.4, -0.2) is 85.5 Å². The first-order chi connectivity index (χ1) is 15.7. The van der Waals surface area contributed by atoms with Crippen molar-refractivity contribution >= 4 is 17.6 Å². The van der Waals surface area contributed by atoms with Crippen molar-refractivity contribution in [1.82, 2.24) is 14.9 Å². The minimum Gasteiger partial charge on any atom is -0.508 e. The summed E-state index contributed by atoms with van der Waals surface area (Å²) in [6, 6.07) is 9.12. The van der Waals surface area contributed by atoms with Gasteiger partial charge in [0, 0.05) is 65.0 Å². The van der Waals surface area contributed by atoms with E-state index in [1.54, 1.807) is 24.3 Å². The van der Waals surface area contributed by atoms with Gasteiger partial charge in [-0.15, -0.1) is 0 Å². The highest BCUT2D eigenvalue weighted by atomic mass is 16.5. The van der Waals surface area contributed by atoms with Gasteiger partial charge in [-0.2, -0.15) is 9.97 Å². The Hall–Kier alpha value is -2.74. The number of nitrogens with zero attached hydrogens (tertiary/aromatic N) is 6. The second-order valence-electron chi connectivity index (χ2n) is 8.94. The largest absolute Gasteiger partial charge is 0.508 e. The summed E-state index contributed by atoms with van der Waals surface area (Å²) in [4.78, 5) is 19.6. The molecule has 1 aromatic heterocycles. The van der Waals surface area contributed by atoms with Crippen LogP contribution in [0.15, 0.2) is 30.3 Å². The van der Waals surface area contributed by atoms with E-state index in [2.05, 4.69) is 25.7 Å². The van der Waals surface area contributed by atoms with E-state index in [1.165, 1.54) is 25.7 Å². The predicted octanol–water partition coefficient (Wildman–Crippen LogP) is 2.58.